The van der Waals surface area contributed by atoms with Crippen LogP contribution in [0.25, 0.3) is 0 Å². The molecule has 0 saturated carbocycles. The smallest absolute Gasteiger partial charge is 0.317 e. The summed E-state index contributed by atoms with van der Waals surface area (Å²) in [5.74, 6) is -0.773. The van der Waals surface area contributed by atoms with E-state index in [9.17, 15) is 4.79 Å². The van der Waals surface area contributed by atoms with E-state index in [1.54, 1.807) is 0 Å². The van der Waals surface area contributed by atoms with Crippen molar-refractivity contribution in [3.05, 3.63) is 35.9 Å². The topological polar surface area (TPSA) is 49.8 Å². The average Bonchev–Trinajstić information content (AvgIpc) is 2.32. The number of hydrogen-bond donors (Lipinski definition) is 1. The van der Waals surface area contributed by atoms with Crippen LogP contribution in [0.4, 0.5) is 0 Å². The summed E-state index contributed by atoms with van der Waals surface area (Å²) in [6.45, 7) is 2.03. The molecule has 92 valence electrons. The quantitative estimate of drug-likeness (QED) is 0.846. The van der Waals surface area contributed by atoms with Crippen LogP contribution in [-0.4, -0.2) is 48.3 Å². The second-order valence-corrected chi connectivity index (χ2v) is 4.28. The first-order valence-corrected chi connectivity index (χ1v) is 5.83. The molecule has 1 unspecified atom stereocenters. The number of carbonyl (C=O) groups is 1. The van der Waals surface area contributed by atoms with Crippen LogP contribution < -0.4 is 0 Å². The summed E-state index contributed by atoms with van der Waals surface area (Å²) < 4.78 is 5.43. The van der Waals surface area contributed by atoms with Gasteiger partial charge in [0.25, 0.3) is 0 Å². The predicted octanol–water partition coefficient (Wildman–Crippen LogP) is 1.01. The van der Waals surface area contributed by atoms with E-state index < -0.39 is 5.97 Å². The molecule has 1 atom stereocenters. The first-order valence-electron chi connectivity index (χ1n) is 5.83. The van der Waals surface area contributed by atoms with Crippen molar-refractivity contribution < 1.29 is 14.6 Å². The zero-order valence-corrected chi connectivity index (χ0v) is 9.71. The van der Waals surface area contributed by atoms with E-state index in [-0.39, 0.29) is 12.6 Å². The molecule has 1 N–H and O–H groups in total. The molecule has 1 saturated heterocycles. The Bertz CT molecular complexity index is 366. The number of carboxylic acid groups (broad SMARTS) is 1. The minimum atomic E-state index is -0.773. The van der Waals surface area contributed by atoms with Crippen molar-refractivity contribution in [2.75, 3.05) is 26.3 Å². The van der Waals surface area contributed by atoms with E-state index in [0.717, 1.165) is 6.42 Å². The second-order valence-electron chi connectivity index (χ2n) is 4.28. The Hall–Kier alpha value is -1.39. The van der Waals surface area contributed by atoms with Gasteiger partial charge in [0, 0.05) is 12.6 Å². The monoisotopic (exact) mass is 235 g/mol. The van der Waals surface area contributed by atoms with Crippen molar-refractivity contribution in [3.8, 4) is 0 Å². The van der Waals surface area contributed by atoms with E-state index >= 15 is 0 Å². The molecule has 4 nitrogen and oxygen atoms in total. The fraction of sp³-hybridized carbons (Fsp3) is 0.462. The summed E-state index contributed by atoms with van der Waals surface area (Å²) in [6, 6.07) is 10.3. The zero-order chi connectivity index (χ0) is 12.1. The van der Waals surface area contributed by atoms with E-state index in [1.807, 2.05) is 23.1 Å². The third-order valence-corrected chi connectivity index (χ3v) is 3.00. The maximum Gasteiger partial charge on any atom is 0.317 e. The van der Waals surface area contributed by atoms with Crippen LogP contribution in [0.1, 0.15) is 5.56 Å². The van der Waals surface area contributed by atoms with Crippen LogP contribution in [0.15, 0.2) is 30.3 Å². The Morgan fingerprint density at radius 3 is 2.88 bits per heavy atom. The molecule has 4 heteroatoms. The average molecular weight is 235 g/mol. The lowest BCUT2D eigenvalue weighted by Crippen LogP contribution is -2.48. The zero-order valence-electron chi connectivity index (χ0n) is 9.71. The van der Waals surface area contributed by atoms with Gasteiger partial charge < -0.3 is 9.84 Å². The number of nitrogens with zero attached hydrogens (tertiary/aromatic N) is 1. The van der Waals surface area contributed by atoms with Gasteiger partial charge in [-0.2, -0.15) is 0 Å². The van der Waals surface area contributed by atoms with Gasteiger partial charge in [0.05, 0.1) is 19.8 Å². The van der Waals surface area contributed by atoms with Crippen molar-refractivity contribution >= 4 is 5.97 Å². The number of morpholine rings is 1. The number of aliphatic carboxylic acids is 1. The molecular weight excluding hydrogens is 218 g/mol. The minimum absolute atomic E-state index is 0.0981. The molecule has 1 aliphatic rings. The molecule has 2 rings (SSSR count). The highest BCUT2D eigenvalue weighted by Gasteiger charge is 2.24. The number of carboxylic acids is 1. The Morgan fingerprint density at radius 2 is 2.18 bits per heavy atom. The molecule has 0 amide bonds. The molecular formula is C13H17NO3. The Labute approximate surface area is 101 Å². The fourth-order valence-corrected chi connectivity index (χ4v) is 2.15. The SMILES string of the molecule is O=C(O)CN1CCOCC1Cc1ccccc1. The standard InChI is InChI=1S/C13H17NO3/c15-13(16)9-14-6-7-17-10-12(14)8-11-4-2-1-3-5-11/h1-5,12H,6-10H2,(H,15,16). The van der Waals surface area contributed by atoms with E-state index in [0.29, 0.717) is 19.8 Å². The van der Waals surface area contributed by atoms with Crippen LogP contribution >= 0.6 is 0 Å². The maximum atomic E-state index is 10.8. The molecule has 0 bridgehead atoms. The van der Waals surface area contributed by atoms with Gasteiger partial charge >= 0.3 is 5.97 Å². The van der Waals surface area contributed by atoms with Gasteiger partial charge in [-0.3, -0.25) is 9.69 Å². The van der Waals surface area contributed by atoms with Gasteiger partial charge in [-0.05, 0) is 12.0 Å². The summed E-state index contributed by atoms with van der Waals surface area (Å²) >= 11 is 0. The normalized spacial score (nSPS) is 21.3. The first-order chi connectivity index (χ1) is 8.25. The van der Waals surface area contributed by atoms with Crippen LogP contribution in [0.2, 0.25) is 0 Å². The second kappa shape index (κ2) is 5.80. The lowest BCUT2D eigenvalue weighted by atomic mass is 10.0. The van der Waals surface area contributed by atoms with Crippen molar-refractivity contribution in [1.82, 2.24) is 4.90 Å². The molecule has 0 aliphatic carbocycles. The Morgan fingerprint density at radius 1 is 1.41 bits per heavy atom. The summed E-state index contributed by atoms with van der Waals surface area (Å²) in [5.41, 5.74) is 1.22. The molecule has 0 aromatic heterocycles. The first kappa shape index (κ1) is 12.1. The van der Waals surface area contributed by atoms with Gasteiger partial charge in [-0.1, -0.05) is 30.3 Å². The summed E-state index contributed by atoms with van der Waals surface area (Å²) in [6.07, 6.45) is 0.841. The van der Waals surface area contributed by atoms with Crippen LogP contribution in [-0.2, 0) is 16.0 Å². The van der Waals surface area contributed by atoms with Gasteiger partial charge in [-0.15, -0.1) is 0 Å². The molecule has 0 radical (unpaired) electrons. The lowest BCUT2D eigenvalue weighted by Gasteiger charge is -2.34. The third kappa shape index (κ3) is 3.54. The number of ether oxygens (including phenoxy) is 1. The van der Waals surface area contributed by atoms with E-state index in [1.165, 1.54) is 5.56 Å². The molecule has 1 aromatic carbocycles. The molecule has 0 spiro atoms. The van der Waals surface area contributed by atoms with Crippen LogP contribution in [0.3, 0.4) is 0 Å². The summed E-state index contributed by atoms with van der Waals surface area (Å²) in [7, 11) is 0. The molecule has 1 aromatic rings. The van der Waals surface area contributed by atoms with Gasteiger partial charge in [-0.25, -0.2) is 0 Å². The van der Waals surface area contributed by atoms with Crippen molar-refractivity contribution in [1.29, 1.82) is 0 Å². The molecule has 1 aliphatic heterocycles. The maximum absolute atomic E-state index is 10.8. The fourth-order valence-electron chi connectivity index (χ4n) is 2.15. The Balaban J connectivity index is 1.99. The minimum Gasteiger partial charge on any atom is -0.480 e. The van der Waals surface area contributed by atoms with Gasteiger partial charge in [0.15, 0.2) is 0 Å². The number of hydrogen-bond acceptors (Lipinski definition) is 3. The number of benzene rings is 1. The van der Waals surface area contributed by atoms with Gasteiger partial charge in [0.1, 0.15) is 0 Å². The number of rotatable bonds is 4. The largest absolute Gasteiger partial charge is 0.480 e. The lowest BCUT2D eigenvalue weighted by molar-refractivity contribution is -0.140. The van der Waals surface area contributed by atoms with Crippen molar-refractivity contribution in [3.63, 3.8) is 0 Å². The summed E-state index contributed by atoms with van der Waals surface area (Å²) in [5, 5.41) is 8.87. The predicted molar refractivity (Wildman–Crippen MR) is 64.0 cm³/mol. The highest BCUT2D eigenvalue weighted by molar-refractivity contribution is 5.69. The van der Waals surface area contributed by atoms with E-state index in [2.05, 4.69) is 12.1 Å². The van der Waals surface area contributed by atoms with Crippen molar-refractivity contribution in [2.24, 2.45) is 0 Å². The highest BCUT2D eigenvalue weighted by Crippen LogP contribution is 2.12. The van der Waals surface area contributed by atoms with Crippen molar-refractivity contribution in [2.45, 2.75) is 12.5 Å². The van der Waals surface area contributed by atoms with E-state index in [4.69, 9.17) is 9.84 Å². The summed E-state index contributed by atoms with van der Waals surface area (Å²) in [4.78, 5) is 12.8. The van der Waals surface area contributed by atoms with Crippen LogP contribution in [0.5, 0.6) is 0 Å². The highest BCUT2D eigenvalue weighted by atomic mass is 16.5. The van der Waals surface area contributed by atoms with Crippen LogP contribution in [0, 0.1) is 0 Å². The Kier molecular flexibility index (Phi) is 4.12. The van der Waals surface area contributed by atoms with Gasteiger partial charge in [0.2, 0.25) is 0 Å². The molecule has 1 fully saturated rings. The molecule has 1 heterocycles. The molecule has 17 heavy (non-hydrogen) atoms. The third-order valence-electron chi connectivity index (χ3n) is 3.00.